The monoisotopic (exact) mass is 413 g/mol. The van der Waals surface area contributed by atoms with Crippen LogP contribution in [0.1, 0.15) is 36.6 Å². The van der Waals surface area contributed by atoms with E-state index in [4.69, 9.17) is 0 Å². The molecule has 1 unspecified atom stereocenters. The number of hydrogen-bond donors (Lipinski definition) is 1. The molecule has 1 saturated carbocycles. The minimum Gasteiger partial charge on any atom is -0.376 e. The maximum absolute atomic E-state index is 3.76. The molecule has 1 fully saturated rings. The normalized spacial score (nSPS) is 17.3. The van der Waals surface area contributed by atoms with Gasteiger partial charge in [0.1, 0.15) is 0 Å². The Balaban J connectivity index is 1.86. The first kappa shape index (κ1) is 14.6. The van der Waals surface area contributed by atoms with E-state index in [1.165, 1.54) is 36.2 Å². The Labute approximate surface area is 141 Å². The van der Waals surface area contributed by atoms with Crippen molar-refractivity contribution in [2.45, 2.75) is 31.7 Å². The van der Waals surface area contributed by atoms with Gasteiger partial charge in [0.15, 0.2) is 0 Å². The first-order valence-electron chi connectivity index (χ1n) is 6.99. The predicted octanol–water partition coefficient (Wildman–Crippen LogP) is 6.62. The molecule has 4 heteroatoms. The lowest BCUT2D eigenvalue weighted by molar-refractivity contribution is 0.475. The van der Waals surface area contributed by atoms with Crippen LogP contribution in [-0.2, 0) is 0 Å². The third-order valence-corrected chi connectivity index (χ3v) is 6.07. The first-order valence-corrected chi connectivity index (χ1v) is 9.45. The molecule has 0 radical (unpaired) electrons. The summed E-state index contributed by atoms with van der Waals surface area (Å²) in [5.74, 6) is 0.754. The third kappa shape index (κ3) is 3.29. The zero-order valence-corrected chi connectivity index (χ0v) is 15.1. The Hall–Kier alpha value is -0.320. The summed E-state index contributed by atoms with van der Waals surface area (Å²) in [5.41, 5.74) is 1.18. The molecule has 1 N–H and O–H groups in total. The van der Waals surface area contributed by atoms with E-state index < -0.39 is 0 Å². The molecule has 1 nitrogen and oxygen atoms in total. The molecule has 1 atom stereocenters. The molecule has 106 valence electrons. The van der Waals surface area contributed by atoms with E-state index in [1.807, 2.05) is 11.3 Å². The highest BCUT2D eigenvalue weighted by molar-refractivity contribution is 9.11. The van der Waals surface area contributed by atoms with E-state index in [1.54, 1.807) is 0 Å². The highest BCUT2D eigenvalue weighted by Gasteiger charge is 2.27. The second-order valence-corrected chi connectivity index (χ2v) is 8.06. The highest BCUT2D eigenvalue weighted by atomic mass is 79.9. The van der Waals surface area contributed by atoms with Crippen molar-refractivity contribution in [3.63, 3.8) is 0 Å². The summed E-state index contributed by atoms with van der Waals surface area (Å²) in [6.07, 6.45) is 5.42. The van der Waals surface area contributed by atoms with Gasteiger partial charge in [-0.3, -0.25) is 0 Å². The van der Waals surface area contributed by atoms with Gasteiger partial charge in [-0.2, -0.15) is 0 Å². The van der Waals surface area contributed by atoms with Gasteiger partial charge in [-0.1, -0.05) is 34.8 Å². The fourth-order valence-electron chi connectivity index (χ4n) is 2.95. The maximum atomic E-state index is 3.76. The Bertz CT molecular complexity index is 562. The van der Waals surface area contributed by atoms with Gasteiger partial charge in [0, 0.05) is 19.5 Å². The minimum atomic E-state index is 0.440. The van der Waals surface area contributed by atoms with Crippen LogP contribution in [0, 0.1) is 5.92 Å². The van der Waals surface area contributed by atoms with Gasteiger partial charge in [-0.15, -0.1) is 11.3 Å². The summed E-state index contributed by atoms with van der Waals surface area (Å²) in [4.78, 5) is 1.45. The molecule has 0 bridgehead atoms. The smallest absolute Gasteiger partial charge is 0.0635 e. The van der Waals surface area contributed by atoms with E-state index in [9.17, 15) is 0 Å². The summed E-state index contributed by atoms with van der Waals surface area (Å²) in [6, 6.07) is 11.2. The van der Waals surface area contributed by atoms with Crippen molar-refractivity contribution in [2.24, 2.45) is 5.92 Å². The average molecular weight is 415 g/mol. The van der Waals surface area contributed by atoms with Gasteiger partial charge >= 0.3 is 0 Å². The number of hydrogen-bond acceptors (Lipinski definition) is 2. The van der Waals surface area contributed by atoms with Gasteiger partial charge in [-0.05, 0) is 64.3 Å². The third-order valence-electron chi connectivity index (χ3n) is 3.96. The van der Waals surface area contributed by atoms with Crippen molar-refractivity contribution in [1.82, 2.24) is 0 Å². The molecular weight excluding hydrogens is 398 g/mol. The molecule has 0 amide bonds. The van der Waals surface area contributed by atoms with Gasteiger partial charge in [0.2, 0.25) is 0 Å². The van der Waals surface area contributed by atoms with E-state index >= 15 is 0 Å². The van der Waals surface area contributed by atoms with Crippen molar-refractivity contribution < 1.29 is 0 Å². The molecule has 1 aromatic carbocycles. The van der Waals surface area contributed by atoms with Gasteiger partial charge in [0.25, 0.3) is 0 Å². The maximum Gasteiger partial charge on any atom is 0.0635 e. The number of thiophene rings is 1. The van der Waals surface area contributed by atoms with Crippen molar-refractivity contribution >= 4 is 48.9 Å². The summed E-state index contributed by atoms with van der Waals surface area (Å²) < 4.78 is 2.22. The number of rotatable bonds is 4. The number of benzene rings is 1. The molecule has 1 aliphatic rings. The second-order valence-electron chi connectivity index (χ2n) is 5.31. The lowest BCUT2D eigenvalue weighted by Gasteiger charge is -2.25. The van der Waals surface area contributed by atoms with Crippen LogP contribution in [0.2, 0.25) is 0 Å². The lowest BCUT2D eigenvalue weighted by atomic mass is 9.96. The van der Waals surface area contributed by atoms with Gasteiger partial charge < -0.3 is 5.32 Å². The Morgan fingerprint density at radius 2 is 1.95 bits per heavy atom. The van der Waals surface area contributed by atoms with Crippen LogP contribution >= 0.6 is 43.2 Å². The molecular formula is C16H17Br2NS. The minimum absolute atomic E-state index is 0.440. The molecule has 0 spiro atoms. The Morgan fingerprint density at radius 3 is 2.60 bits per heavy atom. The summed E-state index contributed by atoms with van der Waals surface area (Å²) >= 11 is 9.03. The van der Waals surface area contributed by atoms with Crippen molar-refractivity contribution in [3.05, 3.63) is 49.5 Å². The molecule has 3 rings (SSSR count). The van der Waals surface area contributed by atoms with E-state index in [-0.39, 0.29) is 0 Å². The van der Waals surface area contributed by atoms with Crippen LogP contribution in [0.25, 0.3) is 0 Å². The molecule has 0 aliphatic heterocycles. The topological polar surface area (TPSA) is 12.0 Å². The summed E-state index contributed by atoms with van der Waals surface area (Å²) in [5, 5.41) is 5.94. The molecule has 20 heavy (non-hydrogen) atoms. The standard InChI is InChI=1S/C16H17Br2NS/c17-12-7-8-14(13(18)10-12)19-16(11-4-1-2-5-11)15-6-3-9-20-15/h3,6-11,16,19H,1-2,4-5H2. The summed E-state index contributed by atoms with van der Waals surface area (Å²) in [7, 11) is 0. The quantitative estimate of drug-likeness (QED) is 0.592. The zero-order valence-electron chi connectivity index (χ0n) is 11.1. The van der Waals surface area contributed by atoms with Gasteiger partial charge in [-0.25, -0.2) is 0 Å². The predicted molar refractivity (Wildman–Crippen MR) is 94.5 cm³/mol. The Morgan fingerprint density at radius 1 is 1.15 bits per heavy atom. The molecule has 1 heterocycles. The fourth-order valence-corrected chi connectivity index (χ4v) is 4.99. The number of nitrogens with one attached hydrogen (secondary N) is 1. The average Bonchev–Trinajstić information content (AvgIpc) is 3.11. The molecule has 0 saturated heterocycles. The van der Waals surface area contributed by atoms with Crippen LogP contribution in [-0.4, -0.2) is 0 Å². The van der Waals surface area contributed by atoms with E-state index in [0.29, 0.717) is 6.04 Å². The van der Waals surface area contributed by atoms with Crippen LogP contribution in [0.5, 0.6) is 0 Å². The van der Waals surface area contributed by atoms with Crippen LogP contribution < -0.4 is 5.32 Å². The van der Waals surface area contributed by atoms with E-state index in [0.717, 1.165) is 14.9 Å². The molecule has 1 aromatic heterocycles. The van der Waals surface area contributed by atoms with Gasteiger partial charge in [0.05, 0.1) is 6.04 Å². The molecule has 2 aromatic rings. The SMILES string of the molecule is Brc1ccc(NC(c2cccs2)C2CCCC2)c(Br)c1. The highest BCUT2D eigenvalue weighted by Crippen LogP contribution is 2.40. The van der Waals surface area contributed by atoms with Crippen LogP contribution in [0.3, 0.4) is 0 Å². The van der Waals surface area contributed by atoms with Crippen molar-refractivity contribution in [3.8, 4) is 0 Å². The number of halogens is 2. The van der Waals surface area contributed by atoms with E-state index in [2.05, 4.69) is 72.9 Å². The van der Waals surface area contributed by atoms with Crippen molar-refractivity contribution in [1.29, 1.82) is 0 Å². The molecule has 1 aliphatic carbocycles. The largest absolute Gasteiger partial charge is 0.376 e. The second kappa shape index (κ2) is 6.63. The lowest BCUT2D eigenvalue weighted by Crippen LogP contribution is -2.18. The van der Waals surface area contributed by atoms with Crippen LogP contribution in [0.15, 0.2) is 44.7 Å². The fraction of sp³-hybridized carbons (Fsp3) is 0.375. The van der Waals surface area contributed by atoms with Crippen LogP contribution in [0.4, 0.5) is 5.69 Å². The number of anilines is 1. The zero-order chi connectivity index (χ0) is 13.9. The Kier molecular flexibility index (Phi) is 4.84. The van der Waals surface area contributed by atoms with Crippen molar-refractivity contribution in [2.75, 3.05) is 5.32 Å². The first-order chi connectivity index (χ1) is 9.74. The summed E-state index contributed by atoms with van der Waals surface area (Å²) in [6.45, 7) is 0.